The molecule has 108 valence electrons. The summed E-state index contributed by atoms with van der Waals surface area (Å²) in [6.45, 7) is 12.0. The molecule has 0 fully saturated rings. The van der Waals surface area contributed by atoms with Crippen LogP contribution >= 0.6 is 0 Å². The first-order chi connectivity index (χ1) is 8.65. The van der Waals surface area contributed by atoms with Crippen molar-refractivity contribution < 1.29 is 9.53 Å². The normalized spacial score (nSPS) is 12.7. The van der Waals surface area contributed by atoms with Crippen LogP contribution in [-0.2, 0) is 9.53 Å². The van der Waals surface area contributed by atoms with Crippen molar-refractivity contribution in [2.24, 2.45) is 5.92 Å². The van der Waals surface area contributed by atoms with Crippen molar-refractivity contribution in [1.82, 2.24) is 4.90 Å². The summed E-state index contributed by atoms with van der Waals surface area (Å²) in [6, 6.07) is 0. The Bertz CT molecular complexity index is 199. The predicted molar refractivity (Wildman–Crippen MR) is 76.7 cm³/mol. The van der Waals surface area contributed by atoms with Crippen LogP contribution in [0.1, 0.15) is 59.8 Å². The van der Waals surface area contributed by atoms with Crippen molar-refractivity contribution in [3.63, 3.8) is 0 Å². The van der Waals surface area contributed by atoms with E-state index in [-0.39, 0.29) is 11.9 Å². The number of hydrogen-bond acceptors (Lipinski definition) is 3. The van der Waals surface area contributed by atoms with E-state index in [1.165, 1.54) is 25.7 Å². The summed E-state index contributed by atoms with van der Waals surface area (Å²) in [5.74, 6) is -0.0202. The Kier molecular flexibility index (Phi) is 11.2. The van der Waals surface area contributed by atoms with Crippen LogP contribution in [-0.4, -0.2) is 37.1 Å². The first-order valence-electron chi connectivity index (χ1n) is 7.54. The standard InChI is InChI=1S/C15H31NO2/c1-5-8-10-16(11-9-6-2)12-13-18-15(17)14(4)7-3/h14H,5-13H2,1-4H3. The second-order valence-corrected chi connectivity index (χ2v) is 5.03. The van der Waals surface area contributed by atoms with Crippen LogP contribution < -0.4 is 0 Å². The lowest BCUT2D eigenvalue weighted by atomic mass is 10.1. The largest absolute Gasteiger partial charge is 0.464 e. The third-order valence-electron chi connectivity index (χ3n) is 3.32. The molecule has 0 saturated heterocycles. The summed E-state index contributed by atoms with van der Waals surface area (Å²) >= 11 is 0. The molecule has 0 N–H and O–H groups in total. The molecule has 0 aliphatic rings. The topological polar surface area (TPSA) is 29.5 Å². The number of esters is 1. The molecule has 0 rings (SSSR count). The van der Waals surface area contributed by atoms with E-state index < -0.39 is 0 Å². The summed E-state index contributed by atoms with van der Waals surface area (Å²) < 4.78 is 5.30. The fourth-order valence-corrected chi connectivity index (χ4v) is 1.68. The lowest BCUT2D eigenvalue weighted by Crippen LogP contribution is -2.31. The molecule has 0 aromatic rings. The molecular weight excluding hydrogens is 226 g/mol. The summed E-state index contributed by atoms with van der Waals surface area (Å²) in [4.78, 5) is 14.0. The molecule has 1 unspecified atom stereocenters. The summed E-state index contributed by atoms with van der Waals surface area (Å²) in [6.07, 6.45) is 5.74. The Morgan fingerprint density at radius 2 is 1.61 bits per heavy atom. The SMILES string of the molecule is CCCCN(CCCC)CCOC(=O)C(C)CC. The van der Waals surface area contributed by atoms with Crippen LogP contribution in [0.3, 0.4) is 0 Å². The Morgan fingerprint density at radius 1 is 1.06 bits per heavy atom. The van der Waals surface area contributed by atoms with Gasteiger partial charge in [-0.2, -0.15) is 0 Å². The van der Waals surface area contributed by atoms with Crippen LogP contribution in [0, 0.1) is 5.92 Å². The monoisotopic (exact) mass is 257 g/mol. The Hall–Kier alpha value is -0.570. The molecule has 0 radical (unpaired) electrons. The first-order valence-corrected chi connectivity index (χ1v) is 7.54. The quantitative estimate of drug-likeness (QED) is 0.531. The molecular formula is C15H31NO2. The van der Waals surface area contributed by atoms with Gasteiger partial charge in [-0.15, -0.1) is 0 Å². The maximum atomic E-state index is 11.5. The van der Waals surface area contributed by atoms with Gasteiger partial charge in [0.25, 0.3) is 0 Å². The van der Waals surface area contributed by atoms with Crippen molar-refractivity contribution in [2.75, 3.05) is 26.2 Å². The lowest BCUT2D eigenvalue weighted by molar-refractivity contribution is -0.148. The molecule has 18 heavy (non-hydrogen) atoms. The van der Waals surface area contributed by atoms with Gasteiger partial charge in [-0.05, 0) is 32.4 Å². The zero-order valence-corrected chi connectivity index (χ0v) is 12.7. The van der Waals surface area contributed by atoms with Gasteiger partial charge in [0.2, 0.25) is 0 Å². The van der Waals surface area contributed by atoms with Crippen molar-refractivity contribution >= 4 is 5.97 Å². The van der Waals surface area contributed by atoms with Crippen molar-refractivity contribution in [3.05, 3.63) is 0 Å². The van der Waals surface area contributed by atoms with Crippen LogP contribution in [0.25, 0.3) is 0 Å². The van der Waals surface area contributed by atoms with Gasteiger partial charge in [0, 0.05) is 6.54 Å². The van der Waals surface area contributed by atoms with E-state index in [4.69, 9.17) is 4.74 Å². The van der Waals surface area contributed by atoms with E-state index in [9.17, 15) is 4.79 Å². The molecule has 3 heteroatoms. The lowest BCUT2D eigenvalue weighted by Gasteiger charge is -2.22. The highest BCUT2D eigenvalue weighted by Crippen LogP contribution is 2.04. The van der Waals surface area contributed by atoms with Gasteiger partial charge in [-0.1, -0.05) is 40.5 Å². The van der Waals surface area contributed by atoms with Crippen LogP contribution in [0.15, 0.2) is 0 Å². The number of ether oxygens (including phenoxy) is 1. The first kappa shape index (κ1) is 17.4. The average molecular weight is 257 g/mol. The van der Waals surface area contributed by atoms with E-state index in [1.807, 2.05) is 13.8 Å². The molecule has 3 nitrogen and oxygen atoms in total. The minimum atomic E-state index is -0.0524. The molecule has 0 heterocycles. The summed E-state index contributed by atoms with van der Waals surface area (Å²) in [5, 5.41) is 0. The van der Waals surface area contributed by atoms with Gasteiger partial charge in [0.15, 0.2) is 0 Å². The van der Waals surface area contributed by atoms with Crippen LogP contribution in [0.5, 0.6) is 0 Å². The summed E-state index contributed by atoms with van der Waals surface area (Å²) in [5.41, 5.74) is 0. The predicted octanol–water partition coefficient (Wildman–Crippen LogP) is 3.48. The van der Waals surface area contributed by atoms with Crippen LogP contribution in [0.2, 0.25) is 0 Å². The molecule has 0 aliphatic carbocycles. The Balaban J connectivity index is 3.83. The number of unbranched alkanes of at least 4 members (excludes halogenated alkanes) is 2. The van der Waals surface area contributed by atoms with E-state index in [0.717, 1.165) is 26.1 Å². The van der Waals surface area contributed by atoms with Gasteiger partial charge in [-0.25, -0.2) is 0 Å². The van der Waals surface area contributed by atoms with Crippen molar-refractivity contribution in [3.8, 4) is 0 Å². The minimum absolute atomic E-state index is 0.0322. The molecule has 0 aromatic carbocycles. The van der Waals surface area contributed by atoms with Crippen molar-refractivity contribution in [1.29, 1.82) is 0 Å². The average Bonchev–Trinajstić information content (AvgIpc) is 2.39. The van der Waals surface area contributed by atoms with E-state index in [1.54, 1.807) is 0 Å². The zero-order valence-electron chi connectivity index (χ0n) is 12.7. The highest BCUT2D eigenvalue weighted by molar-refractivity contribution is 5.71. The maximum Gasteiger partial charge on any atom is 0.308 e. The van der Waals surface area contributed by atoms with Crippen molar-refractivity contribution in [2.45, 2.75) is 59.8 Å². The fourth-order valence-electron chi connectivity index (χ4n) is 1.68. The molecule has 0 spiro atoms. The minimum Gasteiger partial charge on any atom is -0.464 e. The highest BCUT2D eigenvalue weighted by Gasteiger charge is 2.12. The number of rotatable bonds is 11. The number of carbonyl (C=O) groups is 1. The molecule has 0 saturated carbocycles. The Morgan fingerprint density at radius 3 is 2.06 bits per heavy atom. The molecule has 0 aromatic heterocycles. The smallest absolute Gasteiger partial charge is 0.308 e. The van der Waals surface area contributed by atoms with Crippen LogP contribution in [0.4, 0.5) is 0 Å². The van der Waals surface area contributed by atoms with Gasteiger partial charge < -0.3 is 4.74 Å². The van der Waals surface area contributed by atoms with Gasteiger partial charge in [-0.3, -0.25) is 9.69 Å². The zero-order chi connectivity index (χ0) is 13.8. The maximum absolute atomic E-state index is 11.5. The molecule has 0 amide bonds. The van der Waals surface area contributed by atoms with E-state index in [2.05, 4.69) is 18.7 Å². The highest BCUT2D eigenvalue weighted by atomic mass is 16.5. The van der Waals surface area contributed by atoms with E-state index in [0.29, 0.717) is 6.61 Å². The summed E-state index contributed by atoms with van der Waals surface area (Å²) in [7, 11) is 0. The number of carbonyl (C=O) groups excluding carboxylic acids is 1. The second kappa shape index (κ2) is 11.5. The van der Waals surface area contributed by atoms with Gasteiger partial charge in [0.05, 0.1) is 5.92 Å². The fraction of sp³-hybridized carbons (Fsp3) is 0.933. The molecule has 0 bridgehead atoms. The third-order valence-corrected chi connectivity index (χ3v) is 3.32. The third kappa shape index (κ3) is 8.51. The van der Waals surface area contributed by atoms with E-state index >= 15 is 0 Å². The van der Waals surface area contributed by atoms with Gasteiger partial charge in [0.1, 0.15) is 6.61 Å². The second-order valence-electron chi connectivity index (χ2n) is 5.03. The Labute approximate surface area is 113 Å². The number of nitrogens with zero attached hydrogens (tertiary/aromatic N) is 1. The molecule has 0 aliphatic heterocycles. The van der Waals surface area contributed by atoms with Gasteiger partial charge >= 0.3 is 5.97 Å². The molecule has 1 atom stereocenters. The number of hydrogen-bond donors (Lipinski definition) is 0.